The van der Waals surface area contributed by atoms with Gasteiger partial charge in [-0.05, 0) is 50.9 Å². The lowest BCUT2D eigenvalue weighted by atomic mass is 9.79. The fraction of sp³-hybridized carbons (Fsp3) is 0.733. The second kappa shape index (κ2) is 4.98. The van der Waals surface area contributed by atoms with Gasteiger partial charge in [0, 0.05) is 18.4 Å². The smallest absolute Gasteiger partial charge is 0.140 e. The van der Waals surface area contributed by atoms with Crippen LogP contribution < -0.4 is 0 Å². The maximum Gasteiger partial charge on any atom is 0.140 e. The largest absolute Gasteiger partial charge is 0.370 e. The van der Waals surface area contributed by atoms with E-state index in [0.29, 0.717) is 0 Å². The third-order valence-electron chi connectivity index (χ3n) is 4.86. The predicted octanol–water partition coefficient (Wildman–Crippen LogP) is 3.68. The van der Waals surface area contributed by atoms with Crippen LogP contribution in [0.4, 0.5) is 0 Å². The third kappa shape index (κ3) is 2.25. The zero-order chi connectivity index (χ0) is 13.5. The predicted molar refractivity (Wildman–Crippen MR) is 77.8 cm³/mol. The molecule has 19 heavy (non-hydrogen) atoms. The van der Waals surface area contributed by atoms with Crippen molar-refractivity contribution in [2.24, 2.45) is 5.92 Å². The summed E-state index contributed by atoms with van der Waals surface area (Å²) < 4.78 is 6.68. The lowest BCUT2D eigenvalue weighted by Gasteiger charge is -2.37. The number of H-pyrrole nitrogens is 1. The van der Waals surface area contributed by atoms with E-state index in [-0.39, 0.29) is 5.60 Å². The molecule has 0 saturated heterocycles. The first-order valence-electron chi connectivity index (χ1n) is 7.32. The second-order valence-electron chi connectivity index (χ2n) is 6.08. The van der Waals surface area contributed by atoms with Gasteiger partial charge in [-0.2, -0.15) is 0 Å². The van der Waals surface area contributed by atoms with E-state index in [1.54, 1.807) is 0 Å². The van der Waals surface area contributed by atoms with Crippen LogP contribution in [0.2, 0.25) is 0 Å². The average molecular weight is 278 g/mol. The van der Waals surface area contributed by atoms with Crippen molar-refractivity contribution in [1.29, 1.82) is 0 Å². The maximum atomic E-state index is 5.89. The molecule has 0 bridgehead atoms. The van der Waals surface area contributed by atoms with Gasteiger partial charge in [0.2, 0.25) is 0 Å². The first-order valence-corrected chi connectivity index (χ1v) is 7.73. The van der Waals surface area contributed by atoms with Gasteiger partial charge in [0.15, 0.2) is 0 Å². The number of aromatic amines is 1. The summed E-state index contributed by atoms with van der Waals surface area (Å²) in [6.07, 6.45) is 7.86. The van der Waals surface area contributed by atoms with Gasteiger partial charge in [0.05, 0.1) is 0 Å². The summed E-state index contributed by atoms with van der Waals surface area (Å²) >= 11 is 5.47. The van der Waals surface area contributed by atoms with E-state index in [1.165, 1.54) is 30.5 Å². The molecule has 4 heteroatoms. The van der Waals surface area contributed by atoms with Crippen molar-refractivity contribution in [2.75, 3.05) is 7.11 Å². The molecule has 0 aromatic carbocycles. The molecule has 3 rings (SSSR count). The van der Waals surface area contributed by atoms with E-state index in [9.17, 15) is 0 Å². The Kier molecular flexibility index (Phi) is 3.48. The average Bonchev–Trinajstić information content (AvgIpc) is 2.89. The van der Waals surface area contributed by atoms with Crippen molar-refractivity contribution >= 4 is 12.2 Å². The van der Waals surface area contributed by atoms with Crippen LogP contribution >= 0.6 is 12.2 Å². The number of fused-ring (bicyclic) bond motifs is 1. The molecule has 0 amide bonds. The van der Waals surface area contributed by atoms with Crippen LogP contribution in [0, 0.1) is 10.6 Å². The van der Waals surface area contributed by atoms with Gasteiger partial charge in [-0.15, -0.1) is 0 Å². The van der Waals surface area contributed by atoms with Gasteiger partial charge in [-0.1, -0.05) is 19.1 Å². The zero-order valence-corrected chi connectivity index (χ0v) is 12.6. The van der Waals surface area contributed by atoms with Crippen LogP contribution in [0.5, 0.6) is 0 Å². The Morgan fingerprint density at radius 1 is 1.32 bits per heavy atom. The molecule has 2 aliphatic rings. The van der Waals surface area contributed by atoms with Crippen molar-refractivity contribution in [1.82, 2.24) is 9.97 Å². The van der Waals surface area contributed by atoms with Crippen LogP contribution in [0.3, 0.4) is 0 Å². The summed E-state index contributed by atoms with van der Waals surface area (Å²) in [4.78, 5) is 8.21. The van der Waals surface area contributed by atoms with Crippen LogP contribution in [0.15, 0.2) is 0 Å². The number of methoxy groups -OCH3 is 1. The Labute approximate surface area is 119 Å². The van der Waals surface area contributed by atoms with E-state index in [1.807, 2.05) is 7.11 Å². The van der Waals surface area contributed by atoms with E-state index < -0.39 is 0 Å². The summed E-state index contributed by atoms with van der Waals surface area (Å²) in [7, 11) is 1.81. The highest BCUT2D eigenvalue weighted by molar-refractivity contribution is 7.71. The highest BCUT2D eigenvalue weighted by Crippen LogP contribution is 2.41. The van der Waals surface area contributed by atoms with Crippen LogP contribution in [0.1, 0.15) is 56.1 Å². The monoisotopic (exact) mass is 278 g/mol. The van der Waals surface area contributed by atoms with E-state index >= 15 is 0 Å². The molecule has 104 valence electrons. The molecule has 3 nitrogen and oxygen atoms in total. The first-order chi connectivity index (χ1) is 9.14. The molecule has 0 aliphatic heterocycles. The number of nitrogens with zero attached hydrogens (tertiary/aromatic N) is 1. The Hall–Kier alpha value is -0.740. The number of hydrogen-bond acceptors (Lipinski definition) is 3. The minimum atomic E-state index is -0.238. The Morgan fingerprint density at radius 3 is 2.74 bits per heavy atom. The van der Waals surface area contributed by atoms with Gasteiger partial charge in [-0.25, -0.2) is 4.98 Å². The van der Waals surface area contributed by atoms with Gasteiger partial charge < -0.3 is 9.72 Å². The molecule has 1 saturated carbocycles. The topological polar surface area (TPSA) is 37.9 Å². The normalized spacial score (nSPS) is 30.3. The van der Waals surface area contributed by atoms with Crippen LogP contribution in [0.25, 0.3) is 0 Å². The lowest BCUT2D eigenvalue weighted by Crippen LogP contribution is -2.35. The van der Waals surface area contributed by atoms with Gasteiger partial charge in [0.1, 0.15) is 16.1 Å². The Bertz CT molecular complexity index is 529. The molecule has 1 aromatic rings. The fourth-order valence-electron chi connectivity index (χ4n) is 3.44. The summed E-state index contributed by atoms with van der Waals surface area (Å²) in [5, 5.41) is 0. The third-order valence-corrected chi connectivity index (χ3v) is 5.20. The van der Waals surface area contributed by atoms with Gasteiger partial charge in [0.25, 0.3) is 0 Å². The first kappa shape index (κ1) is 13.3. The highest BCUT2D eigenvalue weighted by atomic mass is 32.1. The summed E-state index contributed by atoms with van der Waals surface area (Å²) in [6, 6.07) is 0. The van der Waals surface area contributed by atoms with Crippen molar-refractivity contribution < 1.29 is 4.74 Å². The molecule has 0 unspecified atom stereocenters. The molecule has 1 N–H and O–H groups in total. The molecule has 0 atom stereocenters. The summed E-state index contributed by atoms with van der Waals surface area (Å²) in [5.74, 6) is 1.76. The Balaban J connectivity index is 2.00. The molecule has 1 aromatic heterocycles. The van der Waals surface area contributed by atoms with Crippen LogP contribution in [-0.2, 0) is 23.2 Å². The van der Waals surface area contributed by atoms with Crippen molar-refractivity contribution in [3.05, 3.63) is 21.7 Å². The second-order valence-corrected chi connectivity index (χ2v) is 6.47. The van der Waals surface area contributed by atoms with E-state index in [0.717, 1.165) is 42.1 Å². The minimum Gasteiger partial charge on any atom is -0.370 e. The number of aromatic nitrogens is 2. The van der Waals surface area contributed by atoms with Crippen LogP contribution in [-0.4, -0.2) is 17.1 Å². The van der Waals surface area contributed by atoms with Crippen molar-refractivity contribution in [3.63, 3.8) is 0 Å². The summed E-state index contributed by atoms with van der Waals surface area (Å²) in [6.45, 7) is 2.32. The Morgan fingerprint density at radius 2 is 2.05 bits per heavy atom. The zero-order valence-electron chi connectivity index (χ0n) is 11.8. The standard InChI is InChI=1S/C15H22N2OS/c1-10-6-8-15(18-2,9-7-10)14-16-12-5-3-4-11(12)13(19)17-14/h10H,3-9H2,1-2H3,(H,16,17,19). The molecule has 2 aliphatic carbocycles. The number of nitrogens with one attached hydrogen (secondary N) is 1. The number of ether oxygens (including phenoxy) is 1. The van der Waals surface area contributed by atoms with Crippen molar-refractivity contribution in [2.45, 2.75) is 57.5 Å². The maximum absolute atomic E-state index is 5.89. The number of hydrogen-bond donors (Lipinski definition) is 1. The molecular formula is C15H22N2OS. The molecule has 0 spiro atoms. The molecule has 1 fully saturated rings. The molecule has 0 radical (unpaired) electrons. The van der Waals surface area contributed by atoms with Crippen molar-refractivity contribution in [3.8, 4) is 0 Å². The lowest BCUT2D eigenvalue weighted by molar-refractivity contribution is -0.0599. The van der Waals surface area contributed by atoms with Gasteiger partial charge >= 0.3 is 0 Å². The van der Waals surface area contributed by atoms with E-state index in [2.05, 4.69) is 16.9 Å². The highest BCUT2D eigenvalue weighted by Gasteiger charge is 2.38. The van der Waals surface area contributed by atoms with E-state index in [4.69, 9.17) is 17.0 Å². The minimum absolute atomic E-state index is 0.238. The fourth-order valence-corrected chi connectivity index (χ4v) is 3.76. The quantitative estimate of drug-likeness (QED) is 0.839. The number of aryl methyl sites for hydroxylation is 1. The van der Waals surface area contributed by atoms with Gasteiger partial charge in [-0.3, -0.25) is 0 Å². The number of rotatable bonds is 2. The SMILES string of the molecule is COC1(c2nc(=S)c3c([nH]2)CCC3)CCC(C)CC1. The molecule has 1 heterocycles. The molecular weight excluding hydrogens is 256 g/mol. The summed E-state index contributed by atoms with van der Waals surface area (Å²) in [5.41, 5.74) is 2.32.